The van der Waals surface area contributed by atoms with Crippen LogP contribution in [0.25, 0.3) is 0 Å². The molecule has 176 valence electrons. The number of rotatable bonds is 10. The Kier molecular flexibility index (Phi) is 9.84. The Morgan fingerprint density at radius 3 is 2.64 bits per heavy atom. The zero-order valence-corrected chi connectivity index (χ0v) is 20.1. The van der Waals surface area contributed by atoms with Gasteiger partial charge in [-0.2, -0.15) is 0 Å². The van der Waals surface area contributed by atoms with Crippen LogP contribution in [0.2, 0.25) is 0 Å². The first kappa shape index (κ1) is 24.9. The summed E-state index contributed by atoms with van der Waals surface area (Å²) in [7, 11) is 1.65. The van der Waals surface area contributed by atoms with Gasteiger partial charge in [0.15, 0.2) is 0 Å². The van der Waals surface area contributed by atoms with Crippen LogP contribution in [0.3, 0.4) is 0 Å². The topological polar surface area (TPSA) is 61.9 Å². The number of thioether (sulfide) groups is 1. The molecule has 1 saturated heterocycles. The molecule has 2 amide bonds. The average Bonchev–Trinajstić information content (AvgIpc) is 3.08. The molecule has 2 aromatic carbocycles. The van der Waals surface area contributed by atoms with Crippen molar-refractivity contribution in [1.29, 1.82) is 0 Å². The predicted octanol–water partition coefficient (Wildman–Crippen LogP) is 4.08. The minimum atomic E-state index is -0.0269. The van der Waals surface area contributed by atoms with Crippen molar-refractivity contribution >= 4 is 29.3 Å². The number of carbonyl (C=O) groups excluding carboxylic acids is 2. The van der Waals surface area contributed by atoms with Crippen molar-refractivity contribution in [3.05, 3.63) is 66.7 Å². The van der Waals surface area contributed by atoms with Gasteiger partial charge < -0.3 is 15.0 Å². The fraction of sp³-hybridized carbons (Fsp3) is 0.385. The minimum absolute atomic E-state index is 0.0269. The highest BCUT2D eigenvalue weighted by atomic mass is 32.2. The van der Waals surface area contributed by atoms with Gasteiger partial charge in [-0.25, -0.2) is 0 Å². The van der Waals surface area contributed by atoms with Crippen molar-refractivity contribution < 1.29 is 14.3 Å². The molecule has 1 aliphatic heterocycles. The zero-order chi connectivity index (χ0) is 23.5. The number of anilines is 1. The summed E-state index contributed by atoms with van der Waals surface area (Å²) in [6.07, 6.45) is 3.93. The van der Waals surface area contributed by atoms with Crippen LogP contribution in [-0.2, 0) is 16.0 Å². The molecule has 1 heterocycles. The summed E-state index contributed by atoms with van der Waals surface area (Å²) >= 11 is 1.65. The van der Waals surface area contributed by atoms with Gasteiger partial charge in [-0.05, 0) is 42.7 Å². The lowest BCUT2D eigenvalue weighted by molar-refractivity contribution is -0.131. The van der Waals surface area contributed by atoms with Gasteiger partial charge in [-0.1, -0.05) is 30.3 Å². The predicted molar refractivity (Wildman–Crippen MR) is 135 cm³/mol. The maximum absolute atomic E-state index is 12.7. The second kappa shape index (κ2) is 13.1. The minimum Gasteiger partial charge on any atom is -0.497 e. The highest BCUT2D eigenvalue weighted by molar-refractivity contribution is 7.99. The van der Waals surface area contributed by atoms with Crippen LogP contribution in [0.5, 0.6) is 5.75 Å². The number of methoxy groups -OCH3 is 1. The van der Waals surface area contributed by atoms with Crippen LogP contribution in [0.4, 0.5) is 5.69 Å². The fourth-order valence-corrected chi connectivity index (χ4v) is 4.56. The average molecular weight is 468 g/mol. The Labute approximate surface area is 201 Å². The lowest BCUT2D eigenvalue weighted by atomic mass is 10.1. The third-order valence-electron chi connectivity index (χ3n) is 5.61. The molecule has 0 unspecified atom stereocenters. The van der Waals surface area contributed by atoms with E-state index < -0.39 is 0 Å². The number of ether oxygens (including phenoxy) is 1. The molecular weight excluding hydrogens is 434 g/mol. The number of benzene rings is 2. The van der Waals surface area contributed by atoms with Gasteiger partial charge in [-0.3, -0.25) is 14.5 Å². The van der Waals surface area contributed by atoms with Crippen LogP contribution in [0.15, 0.2) is 66.1 Å². The number of amides is 2. The summed E-state index contributed by atoms with van der Waals surface area (Å²) in [6.45, 7) is 6.99. The number of nitrogens with one attached hydrogen (secondary N) is 1. The van der Waals surface area contributed by atoms with Gasteiger partial charge in [-0.15, -0.1) is 18.3 Å². The van der Waals surface area contributed by atoms with Crippen molar-refractivity contribution in [3.8, 4) is 5.75 Å². The molecule has 1 fully saturated rings. The summed E-state index contributed by atoms with van der Waals surface area (Å²) < 4.78 is 5.18. The fourth-order valence-electron chi connectivity index (χ4n) is 3.82. The second-order valence-electron chi connectivity index (χ2n) is 8.00. The molecule has 3 rings (SSSR count). The van der Waals surface area contributed by atoms with E-state index in [0.717, 1.165) is 47.2 Å². The highest BCUT2D eigenvalue weighted by Gasteiger charge is 2.20. The Balaban J connectivity index is 1.45. The van der Waals surface area contributed by atoms with Crippen molar-refractivity contribution in [1.82, 2.24) is 9.80 Å². The Hall–Kier alpha value is -2.77. The molecule has 2 aromatic rings. The van der Waals surface area contributed by atoms with Crippen molar-refractivity contribution in [2.24, 2.45) is 0 Å². The van der Waals surface area contributed by atoms with E-state index in [2.05, 4.69) is 16.8 Å². The van der Waals surface area contributed by atoms with E-state index in [1.54, 1.807) is 18.9 Å². The highest BCUT2D eigenvalue weighted by Crippen LogP contribution is 2.27. The Bertz CT molecular complexity index is 933. The lowest BCUT2D eigenvalue weighted by Crippen LogP contribution is -2.38. The Morgan fingerprint density at radius 1 is 1.09 bits per heavy atom. The molecule has 0 aliphatic carbocycles. The van der Waals surface area contributed by atoms with Gasteiger partial charge >= 0.3 is 0 Å². The largest absolute Gasteiger partial charge is 0.497 e. The van der Waals surface area contributed by atoms with Crippen molar-refractivity contribution in [3.63, 3.8) is 0 Å². The van der Waals surface area contributed by atoms with Gasteiger partial charge in [0.1, 0.15) is 5.75 Å². The van der Waals surface area contributed by atoms with Crippen LogP contribution >= 0.6 is 11.8 Å². The summed E-state index contributed by atoms with van der Waals surface area (Å²) in [4.78, 5) is 30.5. The molecule has 1 N–H and O–H groups in total. The number of carbonyl (C=O) groups is 2. The summed E-state index contributed by atoms with van der Waals surface area (Å²) in [5, 5.41) is 3.04. The number of hydrogen-bond donors (Lipinski definition) is 1. The third-order valence-corrected chi connectivity index (χ3v) is 6.68. The first-order valence-corrected chi connectivity index (χ1v) is 12.3. The number of hydrogen-bond acceptors (Lipinski definition) is 5. The van der Waals surface area contributed by atoms with Crippen LogP contribution in [-0.4, -0.2) is 67.2 Å². The van der Waals surface area contributed by atoms with Crippen LogP contribution < -0.4 is 10.1 Å². The summed E-state index contributed by atoms with van der Waals surface area (Å²) in [5.41, 5.74) is 1.96. The second-order valence-corrected chi connectivity index (χ2v) is 9.06. The SMILES string of the molecule is C=CCSc1ccccc1NC(=O)CN1CCCN(C(=O)CCc2ccc(OC)cc2)CC1. The van der Waals surface area contributed by atoms with E-state index in [1.807, 2.05) is 59.5 Å². The summed E-state index contributed by atoms with van der Waals surface area (Å²) in [6, 6.07) is 15.7. The monoisotopic (exact) mass is 467 g/mol. The smallest absolute Gasteiger partial charge is 0.238 e. The maximum Gasteiger partial charge on any atom is 0.238 e. The molecule has 0 radical (unpaired) electrons. The quantitative estimate of drug-likeness (QED) is 0.421. The first-order chi connectivity index (χ1) is 16.1. The van der Waals surface area contributed by atoms with Gasteiger partial charge in [0.25, 0.3) is 0 Å². The first-order valence-electron chi connectivity index (χ1n) is 11.3. The van der Waals surface area contributed by atoms with Gasteiger partial charge in [0, 0.05) is 43.2 Å². The van der Waals surface area contributed by atoms with E-state index in [1.165, 1.54) is 0 Å². The number of para-hydroxylation sites is 1. The van der Waals surface area contributed by atoms with E-state index in [0.29, 0.717) is 32.5 Å². The molecule has 1 aliphatic rings. The van der Waals surface area contributed by atoms with E-state index >= 15 is 0 Å². The molecule has 6 nitrogen and oxygen atoms in total. The van der Waals surface area contributed by atoms with Gasteiger partial charge in [0.2, 0.25) is 11.8 Å². The van der Waals surface area contributed by atoms with Crippen molar-refractivity contribution in [2.75, 3.05) is 50.9 Å². The number of aryl methyl sites for hydroxylation is 1. The van der Waals surface area contributed by atoms with Crippen molar-refractivity contribution in [2.45, 2.75) is 24.2 Å². The third kappa shape index (κ3) is 7.94. The zero-order valence-electron chi connectivity index (χ0n) is 19.3. The van der Waals surface area contributed by atoms with E-state index in [-0.39, 0.29) is 11.8 Å². The van der Waals surface area contributed by atoms with Crippen LogP contribution in [0.1, 0.15) is 18.4 Å². The molecule has 0 spiro atoms. The van der Waals surface area contributed by atoms with E-state index in [4.69, 9.17) is 4.74 Å². The molecule has 0 atom stereocenters. The maximum atomic E-state index is 12.7. The Morgan fingerprint density at radius 2 is 1.88 bits per heavy atom. The number of nitrogens with zero attached hydrogens (tertiary/aromatic N) is 2. The van der Waals surface area contributed by atoms with Gasteiger partial charge in [0.05, 0.1) is 19.3 Å². The standard InChI is InChI=1S/C26H33N3O3S/c1-3-19-33-24-8-5-4-7-23(24)27-25(30)20-28-15-6-16-29(18-17-28)26(31)14-11-21-9-12-22(32-2)13-10-21/h3-5,7-10,12-13H,1,6,11,14-20H2,2H3,(H,27,30). The molecule has 7 heteroatoms. The summed E-state index contributed by atoms with van der Waals surface area (Å²) in [5.74, 6) is 1.76. The lowest BCUT2D eigenvalue weighted by Gasteiger charge is -2.22. The molecule has 0 saturated carbocycles. The van der Waals surface area contributed by atoms with Crippen LogP contribution in [0, 0.1) is 0 Å². The normalized spacial score (nSPS) is 14.4. The molecule has 33 heavy (non-hydrogen) atoms. The van der Waals surface area contributed by atoms with E-state index in [9.17, 15) is 9.59 Å². The molecule has 0 aromatic heterocycles. The molecule has 0 bridgehead atoms. The molecular formula is C26H33N3O3S.